The largest absolute Gasteiger partial charge is 0.474 e. The first kappa shape index (κ1) is 13.3. The number of halogens is 1. The Hall–Kier alpha value is -1.16. The Bertz CT molecular complexity index is 397. The maximum Gasteiger partial charge on any atom is 0.219 e. The lowest BCUT2D eigenvalue weighted by Crippen LogP contribution is -2.30. The molecular weight excluding hydrogens is 233 g/mol. The monoisotopic (exact) mass is 253 g/mol. The van der Waals surface area contributed by atoms with Gasteiger partial charge in [0.15, 0.2) is 0 Å². The molecule has 0 amide bonds. The minimum Gasteiger partial charge on any atom is -0.474 e. The van der Waals surface area contributed by atoms with Crippen LogP contribution in [0.25, 0.3) is 0 Å². The van der Waals surface area contributed by atoms with Crippen molar-refractivity contribution in [2.75, 3.05) is 0 Å². The highest BCUT2D eigenvalue weighted by Gasteiger charge is 2.26. The number of pyridine rings is 1. The van der Waals surface area contributed by atoms with Crippen molar-refractivity contribution in [3.05, 3.63) is 23.6 Å². The molecule has 0 bridgehead atoms. The van der Waals surface area contributed by atoms with Crippen molar-refractivity contribution in [3.63, 3.8) is 0 Å². The van der Waals surface area contributed by atoms with Gasteiger partial charge in [-0.25, -0.2) is 9.37 Å². The molecule has 0 saturated heterocycles. The van der Waals surface area contributed by atoms with E-state index in [-0.39, 0.29) is 12.7 Å². The van der Waals surface area contributed by atoms with Crippen LogP contribution in [-0.2, 0) is 6.61 Å². The molecule has 1 aliphatic carbocycles. The van der Waals surface area contributed by atoms with E-state index in [2.05, 4.69) is 11.9 Å². The molecule has 2 rings (SSSR count). The zero-order valence-corrected chi connectivity index (χ0v) is 10.7. The minimum atomic E-state index is -0.443. The van der Waals surface area contributed by atoms with Crippen LogP contribution in [0.5, 0.6) is 5.88 Å². The summed E-state index contributed by atoms with van der Waals surface area (Å²) in [5, 5.41) is 9.21. The molecule has 1 N–H and O–H groups in total. The number of aliphatic hydroxyl groups excluding tert-OH is 1. The molecule has 1 aromatic heterocycles. The predicted molar refractivity (Wildman–Crippen MR) is 66.8 cm³/mol. The van der Waals surface area contributed by atoms with Crippen LogP contribution in [0.1, 0.15) is 44.6 Å². The van der Waals surface area contributed by atoms with Gasteiger partial charge in [0.1, 0.15) is 11.9 Å². The molecule has 1 saturated carbocycles. The van der Waals surface area contributed by atoms with E-state index in [0.717, 1.165) is 25.5 Å². The topological polar surface area (TPSA) is 42.4 Å². The molecule has 2 unspecified atom stereocenters. The van der Waals surface area contributed by atoms with Crippen molar-refractivity contribution in [1.82, 2.24) is 4.98 Å². The van der Waals surface area contributed by atoms with Gasteiger partial charge in [0.2, 0.25) is 5.88 Å². The van der Waals surface area contributed by atoms with Crippen LogP contribution in [0, 0.1) is 11.7 Å². The average Bonchev–Trinajstić information content (AvgIpc) is 2.41. The number of ether oxygens (including phenoxy) is 1. The fraction of sp³-hybridized carbons (Fsp3) is 0.643. The summed E-state index contributed by atoms with van der Waals surface area (Å²) in [5.41, 5.74) is 0.426. The van der Waals surface area contributed by atoms with Gasteiger partial charge in [-0.15, -0.1) is 0 Å². The fourth-order valence-corrected chi connectivity index (χ4v) is 2.63. The minimum absolute atomic E-state index is 0.145. The third kappa shape index (κ3) is 2.99. The summed E-state index contributed by atoms with van der Waals surface area (Å²) in [6.07, 6.45) is 6.98. The van der Waals surface area contributed by atoms with E-state index in [1.54, 1.807) is 0 Å². The molecular formula is C14H20FNO2. The van der Waals surface area contributed by atoms with Crippen LogP contribution < -0.4 is 4.74 Å². The first-order valence-corrected chi connectivity index (χ1v) is 6.66. The van der Waals surface area contributed by atoms with Gasteiger partial charge >= 0.3 is 0 Å². The number of hydrogen-bond donors (Lipinski definition) is 1. The van der Waals surface area contributed by atoms with Gasteiger partial charge in [-0.05, 0) is 37.7 Å². The average molecular weight is 253 g/mol. The smallest absolute Gasteiger partial charge is 0.219 e. The third-order valence-electron chi connectivity index (χ3n) is 3.69. The Kier molecular flexibility index (Phi) is 4.53. The van der Waals surface area contributed by atoms with Gasteiger partial charge in [0, 0.05) is 5.56 Å². The van der Waals surface area contributed by atoms with Crippen LogP contribution in [-0.4, -0.2) is 16.2 Å². The summed E-state index contributed by atoms with van der Waals surface area (Å²) < 4.78 is 18.9. The van der Waals surface area contributed by atoms with E-state index in [4.69, 9.17) is 4.74 Å². The SMILES string of the molecule is CCC1CCCCC1Oc1ncc(F)cc1CO. The molecule has 1 aromatic rings. The maximum absolute atomic E-state index is 13.0. The molecule has 1 heterocycles. The van der Waals surface area contributed by atoms with E-state index in [1.165, 1.54) is 18.9 Å². The Balaban J connectivity index is 2.12. The van der Waals surface area contributed by atoms with Gasteiger partial charge in [-0.3, -0.25) is 0 Å². The van der Waals surface area contributed by atoms with E-state index in [1.807, 2.05) is 0 Å². The van der Waals surface area contributed by atoms with Crippen LogP contribution in [0.3, 0.4) is 0 Å². The molecule has 18 heavy (non-hydrogen) atoms. The highest BCUT2D eigenvalue weighted by atomic mass is 19.1. The van der Waals surface area contributed by atoms with Crippen molar-refractivity contribution in [1.29, 1.82) is 0 Å². The molecule has 0 aliphatic heterocycles. The number of aromatic nitrogens is 1. The van der Waals surface area contributed by atoms with Crippen LogP contribution in [0.4, 0.5) is 4.39 Å². The summed E-state index contributed by atoms with van der Waals surface area (Å²) in [5.74, 6) is 0.475. The normalized spacial score (nSPS) is 23.9. The van der Waals surface area contributed by atoms with Gasteiger partial charge in [-0.1, -0.05) is 13.3 Å². The van der Waals surface area contributed by atoms with Gasteiger partial charge in [0.25, 0.3) is 0 Å². The predicted octanol–water partition coefficient (Wildman–Crippen LogP) is 3.06. The molecule has 0 spiro atoms. The second kappa shape index (κ2) is 6.14. The number of rotatable bonds is 4. The molecule has 1 fully saturated rings. The third-order valence-corrected chi connectivity index (χ3v) is 3.69. The van der Waals surface area contributed by atoms with Crippen LogP contribution in [0.15, 0.2) is 12.3 Å². The van der Waals surface area contributed by atoms with E-state index < -0.39 is 5.82 Å². The van der Waals surface area contributed by atoms with Crippen molar-refractivity contribution >= 4 is 0 Å². The second-order valence-electron chi connectivity index (χ2n) is 4.89. The number of nitrogens with zero attached hydrogens (tertiary/aromatic N) is 1. The molecule has 0 radical (unpaired) electrons. The zero-order valence-electron chi connectivity index (χ0n) is 10.7. The molecule has 100 valence electrons. The lowest BCUT2D eigenvalue weighted by atomic mass is 9.85. The van der Waals surface area contributed by atoms with E-state index in [9.17, 15) is 9.50 Å². The first-order valence-electron chi connectivity index (χ1n) is 6.66. The second-order valence-corrected chi connectivity index (χ2v) is 4.89. The van der Waals surface area contributed by atoms with Gasteiger partial charge < -0.3 is 9.84 Å². The van der Waals surface area contributed by atoms with Crippen molar-refractivity contribution in [3.8, 4) is 5.88 Å². The maximum atomic E-state index is 13.0. The summed E-state index contributed by atoms with van der Waals surface area (Å²) in [6.45, 7) is 1.92. The van der Waals surface area contributed by atoms with Gasteiger partial charge in [-0.2, -0.15) is 0 Å². The van der Waals surface area contributed by atoms with Gasteiger partial charge in [0.05, 0.1) is 12.8 Å². The van der Waals surface area contributed by atoms with Crippen LogP contribution in [0.2, 0.25) is 0 Å². The highest BCUT2D eigenvalue weighted by Crippen LogP contribution is 2.31. The molecule has 1 aliphatic rings. The Morgan fingerprint density at radius 3 is 2.94 bits per heavy atom. The van der Waals surface area contributed by atoms with Crippen LogP contribution >= 0.6 is 0 Å². The first-order chi connectivity index (χ1) is 8.74. The van der Waals surface area contributed by atoms with E-state index >= 15 is 0 Å². The molecule has 2 atom stereocenters. The number of aliphatic hydroxyl groups is 1. The molecule has 3 nitrogen and oxygen atoms in total. The molecule has 0 aromatic carbocycles. The van der Waals surface area contributed by atoms with E-state index in [0.29, 0.717) is 17.4 Å². The highest BCUT2D eigenvalue weighted by molar-refractivity contribution is 5.25. The Morgan fingerprint density at radius 1 is 1.44 bits per heavy atom. The summed E-state index contributed by atoms with van der Waals surface area (Å²) >= 11 is 0. The standard InChI is InChI=1S/C14H20FNO2/c1-2-10-5-3-4-6-13(10)18-14-11(9-17)7-12(15)8-16-14/h7-8,10,13,17H,2-6,9H2,1H3. The summed E-state index contributed by atoms with van der Waals surface area (Å²) in [6, 6.07) is 1.28. The van der Waals surface area contributed by atoms with Crippen molar-refractivity contribution in [2.24, 2.45) is 5.92 Å². The quantitative estimate of drug-likeness (QED) is 0.896. The lowest BCUT2D eigenvalue weighted by Gasteiger charge is -2.31. The number of hydrogen-bond acceptors (Lipinski definition) is 3. The van der Waals surface area contributed by atoms with Crippen molar-refractivity contribution < 1.29 is 14.2 Å². The Morgan fingerprint density at radius 2 is 2.22 bits per heavy atom. The fourth-order valence-electron chi connectivity index (χ4n) is 2.63. The van der Waals surface area contributed by atoms with Crippen molar-refractivity contribution in [2.45, 2.75) is 51.7 Å². The summed E-state index contributed by atoms with van der Waals surface area (Å²) in [7, 11) is 0. The molecule has 4 heteroatoms. The zero-order chi connectivity index (χ0) is 13.0. The summed E-state index contributed by atoms with van der Waals surface area (Å²) in [4.78, 5) is 3.95. The Labute approximate surface area is 107 Å². The lowest BCUT2D eigenvalue weighted by molar-refractivity contribution is 0.0828.